The first-order valence-electron chi connectivity index (χ1n) is 5.00. The van der Waals surface area contributed by atoms with Crippen LogP contribution >= 0.6 is 0 Å². The number of aliphatic hydroxyl groups excluding tert-OH is 4. The first-order chi connectivity index (χ1) is 8.42. The number of aliphatic hydroxyl groups is 4. The zero-order valence-corrected chi connectivity index (χ0v) is 9.42. The van der Waals surface area contributed by atoms with Crippen LogP contribution in [0.5, 0.6) is 11.5 Å². The van der Waals surface area contributed by atoms with Crippen molar-refractivity contribution in [2.24, 2.45) is 0 Å². The summed E-state index contributed by atoms with van der Waals surface area (Å²) in [7, 11) is 0. The molecule has 0 heterocycles. The summed E-state index contributed by atoms with van der Waals surface area (Å²) in [6.07, 6.45) is -4.63. The summed E-state index contributed by atoms with van der Waals surface area (Å²) in [4.78, 5) is 9.76. The Balaban J connectivity index is 0.000000327. The van der Waals surface area contributed by atoms with E-state index in [1.54, 1.807) is 0 Å². The Morgan fingerprint density at radius 2 is 1.39 bits per heavy atom. The second-order valence-corrected chi connectivity index (χ2v) is 3.38. The molecule has 0 radical (unpaired) electrons. The highest BCUT2D eigenvalue weighted by Crippen LogP contribution is 2.13. The van der Waals surface area contributed by atoms with Gasteiger partial charge in [-0.05, 0) is 24.3 Å². The number of carbonyl (C=O) groups excluding carboxylic acids is 1. The van der Waals surface area contributed by atoms with Gasteiger partial charge < -0.3 is 35.4 Å². The number of phenolic OH excluding ortho intramolecular Hbond substituents is 2. The van der Waals surface area contributed by atoms with E-state index >= 15 is 0 Å². The number of hydrogen-bond donors (Lipinski definition) is 6. The van der Waals surface area contributed by atoms with Crippen molar-refractivity contribution in [2.75, 3.05) is 6.61 Å². The molecule has 0 unspecified atom stereocenters. The van der Waals surface area contributed by atoms with Gasteiger partial charge in [-0.15, -0.1) is 0 Å². The van der Waals surface area contributed by atoms with Crippen LogP contribution in [0, 0.1) is 0 Å². The van der Waals surface area contributed by atoms with E-state index in [0.29, 0.717) is 0 Å². The zero-order chi connectivity index (χ0) is 14.1. The van der Waals surface area contributed by atoms with Gasteiger partial charge in [-0.1, -0.05) is 0 Å². The van der Waals surface area contributed by atoms with Gasteiger partial charge in [-0.2, -0.15) is 0 Å². The number of aromatic hydroxyl groups is 2. The fourth-order valence-electron chi connectivity index (χ4n) is 0.869. The van der Waals surface area contributed by atoms with Gasteiger partial charge in [0.25, 0.3) is 0 Å². The molecule has 1 aromatic carbocycles. The van der Waals surface area contributed by atoms with Crippen LogP contribution in [-0.4, -0.2) is 61.8 Å². The van der Waals surface area contributed by atoms with Crippen molar-refractivity contribution >= 4 is 6.29 Å². The summed E-state index contributed by atoms with van der Waals surface area (Å²) in [5.74, 6) is 0.339. The normalized spacial score (nSPS) is 14.9. The van der Waals surface area contributed by atoms with Crippen LogP contribution in [0.1, 0.15) is 0 Å². The SMILES string of the molecule is O=C[C@@H](O)[C@H](O)[C@H](O)CO.Oc1ccc(O)cc1. The summed E-state index contributed by atoms with van der Waals surface area (Å²) in [6, 6.07) is 5.70. The third-order valence-corrected chi connectivity index (χ3v) is 1.92. The van der Waals surface area contributed by atoms with E-state index in [0.717, 1.165) is 0 Å². The van der Waals surface area contributed by atoms with E-state index in [-0.39, 0.29) is 17.8 Å². The molecular weight excluding hydrogens is 244 g/mol. The van der Waals surface area contributed by atoms with Crippen LogP contribution in [0.3, 0.4) is 0 Å². The Hall–Kier alpha value is -1.67. The topological polar surface area (TPSA) is 138 Å². The van der Waals surface area contributed by atoms with Crippen LogP contribution in [0.2, 0.25) is 0 Å². The van der Waals surface area contributed by atoms with Gasteiger partial charge in [-0.3, -0.25) is 0 Å². The van der Waals surface area contributed by atoms with E-state index in [2.05, 4.69) is 0 Å². The largest absolute Gasteiger partial charge is 0.508 e. The van der Waals surface area contributed by atoms with Gasteiger partial charge in [-0.25, -0.2) is 0 Å². The minimum Gasteiger partial charge on any atom is -0.508 e. The average molecular weight is 260 g/mol. The molecule has 0 aliphatic rings. The zero-order valence-electron chi connectivity index (χ0n) is 9.42. The molecule has 0 saturated heterocycles. The fraction of sp³-hybridized carbons (Fsp3) is 0.364. The number of phenols is 2. The molecule has 7 heteroatoms. The van der Waals surface area contributed by atoms with Crippen molar-refractivity contribution < 1.29 is 35.4 Å². The Morgan fingerprint density at radius 1 is 1.00 bits per heavy atom. The number of rotatable bonds is 4. The van der Waals surface area contributed by atoms with Gasteiger partial charge >= 0.3 is 0 Å². The van der Waals surface area contributed by atoms with Crippen molar-refractivity contribution in [1.29, 1.82) is 0 Å². The lowest BCUT2D eigenvalue weighted by molar-refractivity contribution is -0.127. The summed E-state index contributed by atoms with van der Waals surface area (Å²) < 4.78 is 0. The molecule has 6 N–H and O–H groups in total. The second-order valence-electron chi connectivity index (χ2n) is 3.38. The van der Waals surface area contributed by atoms with Crippen LogP contribution in [0.15, 0.2) is 24.3 Å². The lowest BCUT2D eigenvalue weighted by atomic mass is 10.1. The third-order valence-electron chi connectivity index (χ3n) is 1.92. The fourth-order valence-corrected chi connectivity index (χ4v) is 0.869. The first-order valence-corrected chi connectivity index (χ1v) is 5.00. The van der Waals surface area contributed by atoms with Crippen LogP contribution in [0.4, 0.5) is 0 Å². The molecule has 3 atom stereocenters. The molecule has 1 aromatic rings. The molecule has 0 aliphatic carbocycles. The molecule has 1 rings (SSSR count). The van der Waals surface area contributed by atoms with Gasteiger partial charge in [0.2, 0.25) is 0 Å². The van der Waals surface area contributed by atoms with Gasteiger partial charge in [0.15, 0.2) is 6.29 Å². The Morgan fingerprint density at radius 3 is 1.67 bits per heavy atom. The molecular formula is C11H16O7. The van der Waals surface area contributed by atoms with Crippen molar-refractivity contribution in [3.63, 3.8) is 0 Å². The Labute approximate surface area is 103 Å². The molecule has 0 spiro atoms. The van der Waals surface area contributed by atoms with Crippen LogP contribution in [0.25, 0.3) is 0 Å². The first kappa shape index (κ1) is 16.3. The van der Waals surface area contributed by atoms with Gasteiger partial charge in [0, 0.05) is 0 Å². The van der Waals surface area contributed by atoms with E-state index in [4.69, 9.17) is 30.6 Å². The molecule has 7 nitrogen and oxygen atoms in total. The minimum absolute atomic E-state index is 0.0869. The predicted octanol–water partition coefficient (Wildman–Crippen LogP) is -1.64. The van der Waals surface area contributed by atoms with Crippen molar-refractivity contribution in [3.05, 3.63) is 24.3 Å². The minimum atomic E-state index is -1.64. The monoisotopic (exact) mass is 260 g/mol. The standard InChI is InChI=1S/C6H6O2.C5H10O5/c7-5-1-2-6(8)4-3-5;6-1-3(8)5(10)4(9)2-7/h1-4,7-8H;1,3-5,7-10H,2H2/t;3-,4-,5+/m.1/s1. The summed E-state index contributed by atoms with van der Waals surface area (Å²) in [5, 5.41) is 51.3. The summed E-state index contributed by atoms with van der Waals surface area (Å²) in [6.45, 7) is -0.688. The Kier molecular flexibility index (Phi) is 7.64. The highest BCUT2D eigenvalue weighted by atomic mass is 16.4. The molecule has 0 aliphatic heterocycles. The summed E-state index contributed by atoms with van der Waals surface area (Å²) >= 11 is 0. The second kappa shape index (κ2) is 8.43. The molecule has 0 aromatic heterocycles. The number of benzene rings is 1. The smallest absolute Gasteiger partial charge is 0.151 e. The van der Waals surface area contributed by atoms with E-state index < -0.39 is 24.9 Å². The van der Waals surface area contributed by atoms with Gasteiger partial charge in [0.05, 0.1) is 6.61 Å². The van der Waals surface area contributed by atoms with Gasteiger partial charge in [0.1, 0.15) is 29.8 Å². The van der Waals surface area contributed by atoms with Crippen LogP contribution in [-0.2, 0) is 4.79 Å². The van der Waals surface area contributed by atoms with E-state index in [1.165, 1.54) is 24.3 Å². The molecule has 0 saturated carbocycles. The predicted molar refractivity (Wildman–Crippen MR) is 60.9 cm³/mol. The van der Waals surface area contributed by atoms with Crippen LogP contribution < -0.4 is 0 Å². The highest BCUT2D eigenvalue weighted by Gasteiger charge is 2.22. The number of carbonyl (C=O) groups is 1. The highest BCUT2D eigenvalue weighted by molar-refractivity contribution is 5.56. The lowest BCUT2D eigenvalue weighted by Gasteiger charge is -2.16. The van der Waals surface area contributed by atoms with Crippen molar-refractivity contribution in [2.45, 2.75) is 18.3 Å². The van der Waals surface area contributed by atoms with E-state index in [1.807, 2.05) is 0 Å². The Bertz CT molecular complexity index is 317. The quantitative estimate of drug-likeness (QED) is 0.282. The molecule has 18 heavy (non-hydrogen) atoms. The average Bonchev–Trinajstić information content (AvgIpc) is 2.40. The van der Waals surface area contributed by atoms with E-state index in [9.17, 15) is 4.79 Å². The molecule has 0 bridgehead atoms. The van der Waals surface area contributed by atoms with Crippen molar-refractivity contribution in [3.8, 4) is 11.5 Å². The maximum atomic E-state index is 9.76. The number of hydrogen-bond acceptors (Lipinski definition) is 7. The summed E-state index contributed by atoms with van der Waals surface area (Å²) in [5.41, 5.74) is 0. The maximum Gasteiger partial charge on any atom is 0.151 e. The molecule has 0 fully saturated rings. The van der Waals surface area contributed by atoms with Crippen molar-refractivity contribution in [1.82, 2.24) is 0 Å². The number of aldehydes is 1. The third kappa shape index (κ3) is 6.16. The lowest BCUT2D eigenvalue weighted by Crippen LogP contribution is -2.40. The molecule has 102 valence electrons. The maximum absolute atomic E-state index is 9.76. The molecule has 0 amide bonds.